The Balaban J connectivity index is 2.05. The normalized spacial score (nSPS) is 12.6. The molecule has 0 fully saturated rings. The molecule has 2 heterocycles. The highest BCUT2D eigenvalue weighted by atomic mass is 16.3. The number of rotatable bonds is 4. The maximum atomic E-state index is 11.9. The number of ketones is 1. The first-order valence-corrected chi connectivity index (χ1v) is 5.39. The highest BCUT2D eigenvalue weighted by molar-refractivity contribution is 5.96. The van der Waals surface area contributed by atoms with Crippen LogP contribution in [0.5, 0.6) is 0 Å². The molecule has 2 aromatic rings. The number of nitrogens with two attached hydrogens (primary N) is 1. The van der Waals surface area contributed by atoms with Crippen molar-refractivity contribution in [3.05, 3.63) is 41.9 Å². The number of aromatic nitrogens is 2. The van der Waals surface area contributed by atoms with Crippen LogP contribution < -0.4 is 5.73 Å². The Kier molecular flexibility index (Phi) is 3.10. The van der Waals surface area contributed by atoms with Crippen molar-refractivity contribution in [3.63, 3.8) is 0 Å². The Labute approximate surface area is 99.2 Å². The largest absolute Gasteiger partial charge is 0.442 e. The highest BCUT2D eigenvalue weighted by Crippen LogP contribution is 2.08. The zero-order chi connectivity index (χ0) is 12.4. The van der Waals surface area contributed by atoms with Crippen molar-refractivity contribution in [2.24, 2.45) is 12.8 Å². The molecule has 0 aliphatic rings. The fraction of sp³-hybridized carbons (Fsp3) is 0.333. The van der Waals surface area contributed by atoms with E-state index in [1.807, 2.05) is 30.1 Å². The van der Waals surface area contributed by atoms with E-state index in [0.29, 0.717) is 12.1 Å². The summed E-state index contributed by atoms with van der Waals surface area (Å²) in [5, 5.41) is 0. The van der Waals surface area contributed by atoms with Gasteiger partial charge in [0.15, 0.2) is 0 Å². The Hall–Kier alpha value is -1.88. The molecule has 1 atom stereocenters. The fourth-order valence-electron chi connectivity index (χ4n) is 1.65. The second kappa shape index (κ2) is 4.55. The third-order valence-corrected chi connectivity index (χ3v) is 2.52. The number of hydrogen-bond acceptors (Lipinski definition) is 4. The van der Waals surface area contributed by atoms with Gasteiger partial charge in [-0.2, -0.15) is 0 Å². The first-order valence-electron chi connectivity index (χ1n) is 5.39. The van der Waals surface area contributed by atoms with Crippen molar-refractivity contribution in [3.8, 4) is 0 Å². The molecule has 0 aliphatic carbocycles. The van der Waals surface area contributed by atoms with Crippen LogP contribution in [0.15, 0.2) is 29.1 Å². The average Bonchev–Trinajstić information content (AvgIpc) is 2.87. The molecule has 0 saturated carbocycles. The van der Waals surface area contributed by atoms with Crippen molar-refractivity contribution in [2.45, 2.75) is 19.4 Å². The summed E-state index contributed by atoms with van der Waals surface area (Å²) in [4.78, 5) is 15.9. The lowest BCUT2D eigenvalue weighted by Crippen LogP contribution is -2.32. The van der Waals surface area contributed by atoms with Gasteiger partial charge in [0.1, 0.15) is 6.26 Å². The topological polar surface area (TPSA) is 74.1 Å². The maximum Gasteiger partial charge on any atom is 0.265 e. The maximum absolute atomic E-state index is 11.9. The van der Waals surface area contributed by atoms with Gasteiger partial charge in [0.2, 0.25) is 5.78 Å². The van der Waals surface area contributed by atoms with Crippen LogP contribution in [0.25, 0.3) is 0 Å². The molecule has 5 nitrogen and oxygen atoms in total. The number of nitrogens with zero attached hydrogens (tertiary/aromatic N) is 2. The predicted octanol–water partition coefficient (Wildman–Crippen LogP) is 1.07. The van der Waals surface area contributed by atoms with Gasteiger partial charge in [0.05, 0.1) is 11.7 Å². The molecular formula is C12H15N3O2. The lowest BCUT2D eigenvalue weighted by atomic mass is 10.1. The number of oxazole rings is 1. The summed E-state index contributed by atoms with van der Waals surface area (Å²) < 4.78 is 6.96. The van der Waals surface area contributed by atoms with Crippen LogP contribution in [-0.2, 0) is 13.5 Å². The van der Waals surface area contributed by atoms with Crippen LogP contribution in [0.2, 0.25) is 0 Å². The number of aryl methyl sites for hydroxylation is 2. The molecule has 2 rings (SSSR count). The van der Waals surface area contributed by atoms with Crippen LogP contribution in [-0.4, -0.2) is 21.4 Å². The van der Waals surface area contributed by atoms with Gasteiger partial charge in [0.25, 0.3) is 5.89 Å². The van der Waals surface area contributed by atoms with E-state index in [0.717, 1.165) is 5.56 Å². The molecule has 0 radical (unpaired) electrons. The molecule has 5 heteroatoms. The van der Waals surface area contributed by atoms with Crippen molar-refractivity contribution < 1.29 is 9.21 Å². The molecule has 1 unspecified atom stereocenters. The second-order valence-corrected chi connectivity index (χ2v) is 4.15. The van der Waals surface area contributed by atoms with Gasteiger partial charge in [-0.1, -0.05) is 0 Å². The first kappa shape index (κ1) is 11.6. The molecule has 2 aromatic heterocycles. The quantitative estimate of drug-likeness (QED) is 0.802. The summed E-state index contributed by atoms with van der Waals surface area (Å²) in [7, 11) is 1.92. The molecule has 0 saturated heterocycles. The summed E-state index contributed by atoms with van der Waals surface area (Å²) in [5.41, 5.74) is 7.55. The monoisotopic (exact) mass is 233 g/mol. The van der Waals surface area contributed by atoms with Crippen molar-refractivity contribution in [1.82, 2.24) is 9.55 Å². The lowest BCUT2D eigenvalue weighted by molar-refractivity contribution is 0.0926. The summed E-state index contributed by atoms with van der Waals surface area (Å²) in [6.07, 6.45) is 5.79. The van der Waals surface area contributed by atoms with Crippen LogP contribution in [0.1, 0.15) is 21.9 Å². The molecule has 0 spiro atoms. The van der Waals surface area contributed by atoms with Crippen LogP contribution in [0.4, 0.5) is 0 Å². The van der Waals surface area contributed by atoms with Crippen molar-refractivity contribution in [2.75, 3.05) is 0 Å². The molecule has 0 aliphatic heterocycles. The molecule has 90 valence electrons. The van der Waals surface area contributed by atoms with E-state index in [2.05, 4.69) is 4.98 Å². The molecule has 0 amide bonds. The number of carbonyl (C=O) groups is 1. The number of carbonyl (C=O) groups excluding carboxylic acids is 1. The van der Waals surface area contributed by atoms with E-state index in [1.54, 1.807) is 6.92 Å². The van der Waals surface area contributed by atoms with E-state index < -0.39 is 6.04 Å². The van der Waals surface area contributed by atoms with Crippen molar-refractivity contribution in [1.29, 1.82) is 0 Å². The zero-order valence-electron chi connectivity index (χ0n) is 9.88. The van der Waals surface area contributed by atoms with E-state index >= 15 is 0 Å². The van der Waals surface area contributed by atoms with Gasteiger partial charge < -0.3 is 14.7 Å². The smallest absolute Gasteiger partial charge is 0.265 e. The molecular weight excluding hydrogens is 218 g/mol. The summed E-state index contributed by atoms with van der Waals surface area (Å²) in [5.74, 6) is -0.173. The SMILES string of the molecule is Cc1coc(C(=O)C(N)Cc2ccn(C)c2)n1. The Morgan fingerprint density at radius 3 is 2.94 bits per heavy atom. The third-order valence-electron chi connectivity index (χ3n) is 2.52. The van der Waals surface area contributed by atoms with Gasteiger partial charge in [0, 0.05) is 19.4 Å². The molecule has 17 heavy (non-hydrogen) atoms. The minimum Gasteiger partial charge on any atom is -0.442 e. The molecule has 0 aromatic carbocycles. The van der Waals surface area contributed by atoms with Gasteiger partial charge in [-0.05, 0) is 25.0 Å². The predicted molar refractivity (Wildman–Crippen MR) is 62.7 cm³/mol. The van der Waals surface area contributed by atoms with Gasteiger partial charge in [-0.15, -0.1) is 0 Å². The Morgan fingerprint density at radius 1 is 1.65 bits per heavy atom. The van der Waals surface area contributed by atoms with E-state index in [-0.39, 0.29) is 11.7 Å². The van der Waals surface area contributed by atoms with Crippen LogP contribution in [0, 0.1) is 6.92 Å². The van der Waals surface area contributed by atoms with Gasteiger partial charge >= 0.3 is 0 Å². The summed E-state index contributed by atoms with van der Waals surface area (Å²) >= 11 is 0. The number of Topliss-reactive ketones (excluding diaryl/α,β-unsaturated/α-hetero) is 1. The van der Waals surface area contributed by atoms with E-state index in [9.17, 15) is 4.79 Å². The minimum atomic E-state index is -0.615. The van der Waals surface area contributed by atoms with Gasteiger partial charge in [-0.25, -0.2) is 4.98 Å². The molecule has 2 N–H and O–H groups in total. The Morgan fingerprint density at radius 2 is 2.41 bits per heavy atom. The highest BCUT2D eigenvalue weighted by Gasteiger charge is 2.21. The minimum absolute atomic E-state index is 0.0888. The summed E-state index contributed by atoms with van der Waals surface area (Å²) in [6.45, 7) is 1.77. The molecule has 0 bridgehead atoms. The first-order chi connectivity index (χ1) is 8.06. The average molecular weight is 233 g/mol. The standard InChI is InChI=1S/C12H15N3O2/c1-8-7-17-12(14-8)11(16)10(13)5-9-3-4-15(2)6-9/h3-4,6-7,10H,5,13H2,1-2H3. The number of hydrogen-bond donors (Lipinski definition) is 1. The zero-order valence-corrected chi connectivity index (χ0v) is 9.88. The second-order valence-electron chi connectivity index (χ2n) is 4.15. The summed E-state index contributed by atoms with van der Waals surface area (Å²) in [6, 6.07) is 1.32. The van der Waals surface area contributed by atoms with E-state index in [4.69, 9.17) is 10.2 Å². The van der Waals surface area contributed by atoms with Crippen LogP contribution in [0.3, 0.4) is 0 Å². The fourth-order valence-corrected chi connectivity index (χ4v) is 1.65. The van der Waals surface area contributed by atoms with Crippen molar-refractivity contribution >= 4 is 5.78 Å². The van der Waals surface area contributed by atoms with Gasteiger partial charge in [-0.3, -0.25) is 4.79 Å². The lowest BCUT2D eigenvalue weighted by Gasteiger charge is -2.06. The van der Waals surface area contributed by atoms with Crippen LogP contribution >= 0.6 is 0 Å². The van der Waals surface area contributed by atoms with E-state index in [1.165, 1.54) is 6.26 Å². The third kappa shape index (κ3) is 2.62. The Bertz CT molecular complexity index is 527.